The van der Waals surface area contributed by atoms with Crippen molar-refractivity contribution in [3.8, 4) is 0 Å². The Balaban J connectivity index is 1.95. The fraction of sp³-hybridized carbons (Fsp3) is 0.500. The van der Waals surface area contributed by atoms with Crippen LogP contribution in [0.3, 0.4) is 0 Å². The fourth-order valence-electron chi connectivity index (χ4n) is 2.07. The average molecular weight is 277 g/mol. The van der Waals surface area contributed by atoms with Gasteiger partial charge in [0.05, 0.1) is 13.2 Å². The minimum atomic E-state index is -0.115. The highest BCUT2D eigenvalue weighted by Gasteiger charge is 2.21. The third kappa shape index (κ3) is 4.03. The molecule has 6 heteroatoms. The topological polar surface area (TPSA) is 62.7 Å². The minimum Gasteiger partial charge on any atom is -0.378 e. The van der Waals surface area contributed by atoms with Crippen molar-refractivity contribution in [2.75, 3.05) is 32.8 Å². The van der Waals surface area contributed by atoms with E-state index in [4.69, 9.17) is 4.74 Å². The Morgan fingerprint density at radius 1 is 1.40 bits per heavy atom. The number of pyridine rings is 1. The first-order chi connectivity index (χ1) is 9.66. The Morgan fingerprint density at radius 2 is 2.15 bits per heavy atom. The van der Waals surface area contributed by atoms with Crippen LogP contribution in [-0.2, 0) is 20.9 Å². The zero-order chi connectivity index (χ0) is 14.4. The summed E-state index contributed by atoms with van der Waals surface area (Å²) in [5.41, 5.74) is 0.914. The number of hydrogen-bond donors (Lipinski definition) is 0. The van der Waals surface area contributed by atoms with Gasteiger partial charge in [0, 0.05) is 39.0 Å². The van der Waals surface area contributed by atoms with Gasteiger partial charge in [0.15, 0.2) is 0 Å². The number of hydrogen-bond acceptors (Lipinski definition) is 4. The van der Waals surface area contributed by atoms with Crippen molar-refractivity contribution in [2.24, 2.45) is 0 Å². The lowest BCUT2D eigenvalue weighted by Crippen LogP contribution is -2.46. The summed E-state index contributed by atoms with van der Waals surface area (Å²) in [4.78, 5) is 31.1. The number of carbonyl (C=O) groups excluding carboxylic acids is 2. The van der Waals surface area contributed by atoms with Crippen molar-refractivity contribution < 1.29 is 14.3 Å². The second kappa shape index (κ2) is 7.00. The smallest absolute Gasteiger partial charge is 0.242 e. The van der Waals surface area contributed by atoms with Crippen LogP contribution in [-0.4, -0.2) is 59.4 Å². The van der Waals surface area contributed by atoms with E-state index in [0.717, 1.165) is 5.56 Å². The van der Waals surface area contributed by atoms with E-state index in [2.05, 4.69) is 4.98 Å². The molecule has 0 radical (unpaired) electrons. The van der Waals surface area contributed by atoms with E-state index in [1.54, 1.807) is 17.3 Å². The molecule has 1 aliphatic heterocycles. The van der Waals surface area contributed by atoms with Crippen LogP contribution in [0.4, 0.5) is 0 Å². The molecular weight excluding hydrogens is 258 g/mol. The van der Waals surface area contributed by atoms with Gasteiger partial charge in [-0.2, -0.15) is 0 Å². The van der Waals surface area contributed by atoms with E-state index in [1.807, 2.05) is 12.1 Å². The predicted octanol–water partition coefficient (Wildman–Crippen LogP) is 0.289. The highest BCUT2D eigenvalue weighted by Crippen LogP contribution is 2.05. The molecule has 0 atom stereocenters. The van der Waals surface area contributed by atoms with Gasteiger partial charge < -0.3 is 14.5 Å². The Labute approximate surface area is 118 Å². The monoisotopic (exact) mass is 277 g/mol. The molecule has 0 aliphatic carbocycles. The molecule has 0 N–H and O–H groups in total. The van der Waals surface area contributed by atoms with E-state index in [1.165, 1.54) is 11.8 Å². The van der Waals surface area contributed by atoms with Crippen LogP contribution >= 0.6 is 0 Å². The van der Waals surface area contributed by atoms with Gasteiger partial charge in [0.2, 0.25) is 11.8 Å². The first kappa shape index (κ1) is 14.5. The van der Waals surface area contributed by atoms with Gasteiger partial charge in [-0.3, -0.25) is 14.6 Å². The second-order valence-electron chi connectivity index (χ2n) is 4.73. The lowest BCUT2D eigenvalue weighted by Gasteiger charge is -2.29. The number of nitrogens with zero attached hydrogens (tertiary/aromatic N) is 3. The standard InChI is InChI=1S/C14H19N3O3/c1-12(18)17(10-13-3-2-4-15-9-13)11-14(19)16-5-7-20-8-6-16/h2-4,9H,5-8,10-11H2,1H3. The maximum absolute atomic E-state index is 12.2. The van der Waals surface area contributed by atoms with Gasteiger partial charge in [-0.1, -0.05) is 6.07 Å². The van der Waals surface area contributed by atoms with Gasteiger partial charge in [0.1, 0.15) is 6.54 Å². The summed E-state index contributed by atoms with van der Waals surface area (Å²) in [6, 6.07) is 3.71. The van der Waals surface area contributed by atoms with Gasteiger partial charge in [-0.25, -0.2) is 0 Å². The molecule has 1 fully saturated rings. The molecule has 1 saturated heterocycles. The molecule has 2 rings (SSSR count). The van der Waals surface area contributed by atoms with Crippen LogP contribution in [0.2, 0.25) is 0 Å². The van der Waals surface area contributed by atoms with E-state index in [-0.39, 0.29) is 18.4 Å². The number of morpholine rings is 1. The Hall–Kier alpha value is -1.95. The molecule has 0 aromatic carbocycles. The lowest BCUT2D eigenvalue weighted by atomic mass is 10.2. The molecule has 0 spiro atoms. The maximum atomic E-state index is 12.2. The van der Waals surface area contributed by atoms with Crippen molar-refractivity contribution >= 4 is 11.8 Å². The highest BCUT2D eigenvalue weighted by molar-refractivity contribution is 5.83. The summed E-state index contributed by atoms with van der Waals surface area (Å²) in [5, 5.41) is 0. The van der Waals surface area contributed by atoms with E-state index in [0.29, 0.717) is 32.8 Å². The quantitative estimate of drug-likeness (QED) is 0.793. The second-order valence-corrected chi connectivity index (χ2v) is 4.73. The van der Waals surface area contributed by atoms with Crippen molar-refractivity contribution in [3.05, 3.63) is 30.1 Å². The zero-order valence-electron chi connectivity index (χ0n) is 11.6. The summed E-state index contributed by atoms with van der Waals surface area (Å²) in [6.07, 6.45) is 3.38. The van der Waals surface area contributed by atoms with E-state index < -0.39 is 0 Å². The fourth-order valence-corrected chi connectivity index (χ4v) is 2.07. The summed E-state index contributed by atoms with van der Waals surface area (Å²) < 4.78 is 5.22. The third-order valence-electron chi connectivity index (χ3n) is 3.23. The molecule has 0 saturated carbocycles. The molecule has 0 bridgehead atoms. The molecular formula is C14H19N3O3. The number of rotatable bonds is 4. The van der Waals surface area contributed by atoms with Gasteiger partial charge in [0.25, 0.3) is 0 Å². The zero-order valence-corrected chi connectivity index (χ0v) is 11.6. The highest BCUT2D eigenvalue weighted by atomic mass is 16.5. The molecule has 1 aromatic rings. The summed E-state index contributed by atoms with van der Waals surface area (Å²) >= 11 is 0. The van der Waals surface area contributed by atoms with Crippen LogP contribution in [0.5, 0.6) is 0 Å². The summed E-state index contributed by atoms with van der Waals surface area (Å²) in [7, 11) is 0. The normalized spacial score (nSPS) is 14.9. The van der Waals surface area contributed by atoms with E-state index in [9.17, 15) is 9.59 Å². The lowest BCUT2D eigenvalue weighted by molar-refractivity contribution is -0.142. The number of aromatic nitrogens is 1. The first-order valence-corrected chi connectivity index (χ1v) is 6.67. The Bertz CT molecular complexity index is 458. The minimum absolute atomic E-state index is 0.0348. The molecule has 108 valence electrons. The number of carbonyl (C=O) groups is 2. The van der Waals surface area contributed by atoms with Crippen molar-refractivity contribution in [3.63, 3.8) is 0 Å². The van der Waals surface area contributed by atoms with Crippen LogP contribution < -0.4 is 0 Å². The SMILES string of the molecule is CC(=O)N(CC(=O)N1CCOCC1)Cc1cccnc1. The maximum Gasteiger partial charge on any atom is 0.242 e. The van der Waals surface area contributed by atoms with Gasteiger partial charge in [-0.15, -0.1) is 0 Å². The molecule has 2 amide bonds. The average Bonchev–Trinajstić information content (AvgIpc) is 2.48. The Morgan fingerprint density at radius 3 is 2.75 bits per heavy atom. The largest absolute Gasteiger partial charge is 0.378 e. The van der Waals surface area contributed by atoms with Crippen LogP contribution in [0.25, 0.3) is 0 Å². The van der Waals surface area contributed by atoms with Gasteiger partial charge >= 0.3 is 0 Å². The molecule has 6 nitrogen and oxygen atoms in total. The van der Waals surface area contributed by atoms with Crippen LogP contribution in [0, 0.1) is 0 Å². The molecule has 1 aliphatic rings. The van der Waals surface area contributed by atoms with Gasteiger partial charge in [-0.05, 0) is 11.6 Å². The number of ether oxygens (including phenoxy) is 1. The third-order valence-corrected chi connectivity index (χ3v) is 3.23. The first-order valence-electron chi connectivity index (χ1n) is 6.67. The summed E-state index contributed by atoms with van der Waals surface area (Å²) in [5.74, 6) is -0.150. The van der Waals surface area contributed by atoms with Crippen molar-refractivity contribution in [1.82, 2.24) is 14.8 Å². The molecule has 2 heterocycles. The van der Waals surface area contributed by atoms with Crippen LogP contribution in [0.15, 0.2) is 24.5 Å². The van der Waals surface area contributed by atoms with Crippen LogP contribution in [0.1, 0.15) is 12.5 Å². The van der Waals surface area contributed by atoms with Crippen molar-refractivity contribution in [2.45, 2.75) is 13.5 Å². The Kier molecular flexibility index (Phi) is 5.06. The summed E-state index contributed by atoms with van der Waals surface area (Å²) in [6.45, 7) is 4.30. The van der Waals surface area contributed by atoms with Crippen molar-refractivity contribution in [1.29, 1.82) is 0 Å². The molecule has 1 aromatic heterocycles. The molecule has 0 unspecified atom stereocenters. The van der Waals surface area contributed by atoms with E-state index >= 15 is 0 Å². The number of amides is 2. The predicted molar refractivity (Wildman–Crippen MR) is 72.7 cm³/mol. The molecule has 20 heavy (non-hydrogen) atoms.